The van der Waals surface area contributed by atoms with Crippen molar-refractivity contribution >= 4 is 50.9 Å². The lowest BCUT2D eigenvalue weighted by molar-refractivity contribution is -0.714. The summed E-state index contributed by atoms with van der Waals surface area (Å²) < 4.78 is 105. The quantitative estimate of drug-likeness (QED) is 0.226. The van der Waals surface area contributed by atoms with Crippen LogP contribution in [0.5, 0.6) is 5.75 Å². The summed E-state index contributed by atoms with van der Waals surface area (Å²) in [6, 6.07) is 2.77. The largest absolute Gasteiger partial charge is 0.542 e. The van der Waals surface area contributed by atoms with Gasteiger partial charge in [-0.2, -0.15) is 13.2 Å². The molecule has 40 heavy (non-hydrogen) atoms. The average Bonchev–Trinajstić information content (AvgIpc) is 3.11. The second kappa shape index (κ2) is 10.4. The van der Waals surface area contributed by atoms with Crippen molar-refractivity contribution in [2.75, 3.05) is 30.8 Å². The van der Waals surface area contributed by atoms with Crippen LogP contribution in [-0.4, -0.2) is 52.8 Å². The number of ketones is 1. The van der Waals surface area contributed by atoms with Crippen LogP contribution in [-0.2, 0) is 11.3 Å². The van der Waals surface area contributed by atoms with E-state index in [4.69, 9.17) is 32.0 Å². The number of fused-ring (bicyclic) bond motifs is 1. The zero-order valence-corrected chi connectivity index (χ0v) is 22.3. The summed E-state index contributed by atoms with van der Waals surface area (Å²) in [5, 5.41) is 17.0. The second-order valence-corrected chi connectivity index (χ2v) is 10.6. The topological polar surface area (TPSA) is 130 Å². The van der Waals surface area contributed by atoms with Crippen molar-refractivity contribution in [1.82, 2.24) is 14.7 Å². The van der Waals surface area contributed by atoms with Gasteiger partial charge in [0.25, 0.3) is 0 Å². The highest BCUT2D eigenvalue weighted by Gasteiger charge is 2.65. The Kier molecular flexibility index (Phi) is 8.49. The van der Waals surface area contributed by atoms with E-state index in [0.29, 0.717) is 18.8 Å². The minimum atomic E-state index is -10.1. The molecule has 0 aliphatic heterocycles. The van der Waals surface area contributed by atoms with Gasteiger partial charge in [0.1, 0.15) is 16.6 Å². The minimum Gasteiger partial charge on any atom is -0.542 e. The van der Waals surface area contributed by atoms with Gasteiger partial charge >= 0.3 is 28.0 Å². The molecule has 0 amide bonds. The highest BCUT2D eigenvalue weighted by atomic mass is 35.5. The summed E-state index contributed by atoms with van der Waals surface area (Å²) in [7, 11) is -9.05. The number of ether oxygens (including phenoxy) is 1. The number of carboxylic acids is 1. The maximum Gasteiger partial charge on any atom is 0.430 e. The first-order valence-electron chi connectivity index (χ1n) is 10.8. The Bertz CT molecular complexity index is 1450. The lowest BCUT2D eigenvalue weighted by Crippen LogP contribution is -2.40. The minimum absolute atomic E-state index is 0.102. The first kappa shape index (κ1) is 32.6. The molecule has 0 radical (unpaired) electrons. The third-order valence-corrected chi connectivity index (χ3v) is 6.49. The molecule has 3 aromatic rings. The van der Waals surface area contributed by atoms with Gasteiger partial charge in [-0.15, -0.1) is 4.68 Å². The van der Waals surface area contributed by atoms with E-state index >= 15 is 0 Å². The first-order valence-corrected chi connectivity index (χ1v) is 13.1. The normalized spacial score (nSPS) is 13.6. The molecule has 0 aliphatic carbocycles. The molecule has 20 heteroatoms. The Labute approximate surface area is 225 Å². The number of carbonyl (C=O) groups is 2. The van der Waals surface area contributed by atoms with Gasteiger partial charge in [0.2, 0.25) is 5.78 Å². The number of aromatic nitrogens is 4. The lowest BCUT2D eigenvalue weighted by Gasteiger charge is -2.40. The van der Waals surface area contributed by atoms with Crippen molar-refractivity contribution in [3.8, 4) is 5.75 Å². The van der Waals surface area contributed by atoms with E-state index in [1.807, 2.05) is 18.7 Å². The number of hydrogen-bond donors (Lipinski definition) is 1. The van der Waals surface area contributed by atoms with Crippen LogP contribution < -0.4 is 25.2 Å². The number of anilines is 2. The highest BCUT2D eigenvalue weighted by molar-refractivity contribution is 8.45. The average molecular weight is 629 g/mol. The third kappa shape index (κ3) is 7.74. The smallest absolute Gasteiger partial charge is 0.430 e. The van der Waals surface area contributed by atoms with Crippen LogP contribution in [0.3, 0.4) is 0 Å². The van der Waals surface area contributed by atoms with Gasteiger partial charge in [0.05, 0.1) is 18.9 Å². The van der Waals surface area contributed by atoms with Crippen molar-refractivity contribution < 1.29 is 56.7 Å². The van der Waals surface area contributed by atoms with Crippen molar-refractivity contribution in [2.45, 2.75) is 31.5 Å². The Morgan fingerprint density at radius 2 is 1.68 bits per heavy atom. The monoisotopic (exact) mass is 628 g/mol. The maximum atomic E-state index is 13.3. The van der Waals surface area contributed by atoms with E-state index < -0.39 is 50.9 Å². The SMILES string of the molecule is CCN(CC)c1cc2n(nc1Cl)c(N)n[n+]2CC(=O)c1cc(OC)cc(S(F)(F)(F)(F)F)c1.O=C([O-])C(F)(F)F. The van der Waals surface area contributed by atoms with E-state index in [2.05, 4.69) is 10.2 Å². The summed E-state index contributed by atoms with van der Waals surface area (Å²) >= 11 is 6.24. The zero-order chi connectivity index (χ0) is 30.9. The number of alkyl halides is 3. The predicted molar refractivity (Wildman–Crippen MR) is 126 cm³/mol. The standard InChI is InChI=1S/C18H21ClF5N6O2S.C2HF3O2/c1-4-28(5-2)14-9-16-29(27-18(25)30(16)26-17(14)19)10-15(31)11-6-12(32-3)8-13(7-11)33(20,21,22,23)24;3-2(4,5)1(6)7/h6-9H,4-5,10H2,1-3H3,(H2,25,27);(H,6,7)/q+1;/p-1. The van der Waals surface area contributed by atoms with E-state index in [-0.39, 0.29) is 28.9 Å². The molecule has 0 saturated carbocycles. The number of carbonyl (C=O) groups excluding carboxylic acids is 2. The Balaban J connectivity index is 0.000000708. The number of nitrogens with zero attached hydrogens (tertiary/aromatic N) is 5. The van der Waals surface area contributed by atoms with E-state index in [0.717, 1.165) is 22.4 Å². The Morgan fingerprint density at radius 1 is 1.12 bits per heavy atom. The molecule has 0 bridgehead atoms. The van der Waals surface area contributed by atoms with E-state index in [9.17, 15) is 37.4 Å². The third-order valence-electron chi connectivity index (χ3n) is 5.10. The van der Waals surface area contributed by atoms with Crippen molar-refractivity contribution in [1.29, 1.82) is 0 Å². The molecule has 0 fully saturated rings. The molecular weight excluding hydrogens is 608 g/mol. The van der Waals surface area contributed by atoms with Crippen LogP contribution in [0.15, 0.2) is 29.2 Å². The molecule has 2 aromatic heterocycles. The van der Waals surface area contributed by atoms with Gasteiger partial charge in [-0.1, -0.05) is 40.6 Å². The molecular formula is C20H21ClF8N6O4S. The van der Waals surface area contributed by atoms with Gasteiger partial charge in [-0.3, -0.25) is 4.79 Å². The fourth-order valence-electron chi connectivity index (χ4n) is 3.21. The number of methoxy groups -OCH3 is 1. The number of nitrogens with two attached hydrogens (primary N) is 1. The first-order chi connectivity index (χ1) is 18.0. The summed E-state index contributed by atoms with van der Waals surface area (Å²) in [4.78, 5) is 21.2. The molecule has 0 saturated heterocycles. The second-order valence-electron chi connectivity index (χ2n) is 7.85. The van der Waals surface area contributed by atoms with Crippen LogP contribution >= 0.6 is 21.8 Å². The number of halogens is 9. The van der Waals surface area contributed by atoms with Gasteiger partial charge in [-0.05, 0) is 31.1 Å². The summed E-state index contributed by atoms with van der Waals surface area (Å²) in [5.41, 5.74) is 5.96. The van der Waals surface area contributed by atoms with Crippen LogP contribution in [0.1, 0.15) is 24.2 Å². The van der Waals surface area contributed by atoms with Gasteiger partial charge in [-0.25, -0.2) is 0 Å². The molecule has 0 spiro atoms. The number of nitrogen functional groups attached to an aromatic ring is 1. The van der Waals surface area contributed by atoms with E-state index in [1.165, 1.54) is 0 Å². The number of Topliss-reactive ketones (excluding diaryl/α,β-unsaturated/α-hetero) is 1. The van der Waals surface area contributed by atoms with Gasteiger partial charge < -0.3 is 25.3 Å². The Hall–Kier alpha value is -3.61. The molecule has 224 valence electrons. The number of benzene rings is 1. The van der Waals surface area contributed by atoms with Crippen LogP contribution in [0.4, 0.5) is 44.2 Å². The molecule has 1 aromatic carbocycles. The van der Waals surface area contributed by atoms with Gasteiger partial charge in [0.15, 0.2) is 11.7 Å². The molecule has 10 nitrogen and oxygen atoms in total. The van der Waals surface area contributed by atoms with E-state index in [1.54, 1.807) is 6.07 Å². The van der Waals surface area contributed by atoms with Crippen molar-refractivity contribution in [2.24, 2.45) is 0 Å². The Morgan fingerprint density at radius 3 is 2.12 bits per heavy atom. The molecule has 0 aliphatic rings. The number of carboxylic acid groups (broad SMARTS) is 1. The van der Waals surface area contributed by atoms with Crippen molar-refractivity contribution in [3.05, 3.63) is 35.0 Å². The predicted octanol–water partition coefficient (Wildman–Crippen LogP) is 3.95. The fraction of sp³-hybridized carbons (Fsp3) is 0.350. The van der Waals surface area contributed by atoms with Crippen molar-refractivity contribution in [3.63, 3.8) is 0 Å². The summed E-state index contributed by atoms with van der Waals surface area (Å²) in [6.07, 6.45) is -5.19. The van der Waals surface area contributed by atoms with Crippen LogP contribution in [0.25, 0.3) is 5.65 Å². The molecule has 0 unspecified atom stereocenters. The fourth-order valence-corrected chi connectivity index (χ4v) is 4.14. The maximum absolute atomic E-state index is 13.3. The number of rotatable bonds is 8. The number of hydrogen-bond acceptors (Lipinski definition) is 8. The zero-order valence-electron chi connectivity index (χ0n) is 20.7. The lowest BCUT2D eigenvalue weighted by atomic mass is 10.1. The molecule has 3 rings (SSSR count). The van der Waals surface area contributed by atoms with Crippen LogP contribution in [0.2, 0.25) is 5.15 Å². The number of aliphatic carboxylic acids is 1. The molecule has 2 N–H and O–H groups in total. The molecule has 2 heterocycles. The summed E-state index contributed by atoms with van der Waals surface area (Å²) in [5.74, 6) is -4.61. The molecule has 0 atom stereocenters. The summed E-state index contributed by atoms with van der Waals surface area (Å²) in [6.45, 7) is 4.38. The van der Waals surface area contributed by atoms with Gasteiger partial charge in [0, 0.05) is 24.7 Å². The van der Waals surface area contributed by atoms with Crippen LogP contribution in [0, 0.1) is 0 Å². The highest BCUT2D eigenvalue weighted by Crippen LogP contribution is 3.02.